The molecule has 1 amide bonds. The van der Waals surface area contributed by atoms with Crippen LogP contribution in [0.25, 0.3) is 0 Å². The second-order valence-electron chi connectivity index (χ2n) is 5.83. The fourth-order valence-electron chi connectivity index (χ4n) is 3.26. The molecule has 0 spiro atoms. The van der Waals surface area contributed by atoms with Crippen molar-refractivity contribution in [3.63, 3.8) is 0 Å². The van der Waals surface area contributed by atoms with Crippen LogP contribution in [0.3, 0.4) is 0 Å². The molecule has 0 aliphatic carbocycles. The van der Waals surface area contributed by atoms with Gasteiger partial charge in [-0.2, -0.15) is 0 Å². The third-order valence-electron chi connectivity index (χ3n) is 4.36. The van der Waals surface area contributed by atoms with Crippen molar-refractivity contribution in [3.05, 3.63) is 29.8 Å². The van der Waals surface area contributed by atoms with Crippen molar-refractivity contribution >= 4 is 5.91 Å². The number of pyridine rings is 1. The molecule has 6 heteroatoms. The number of amides is 1. The average molecular weight is 293 g/mol. The summed E-state index contributed by atoms with van der Waals surface area (Å²) in [6, 6.07) is 1.19. The molecule has 2 saturated heterocycles. The van der Waals surface area contributed by atoms with E-state index < -0.39 is 11.9 Å². The van der Waals surface area contributed by atoms with Gasteiger partial charge in [0.1, 0.15) is 5.82 Å². The lowest BCUT2D eigenvalue weighted by Gasteiger charge is -2.33. The SMILES string of the molecule is O=C(c1cncc(F)c1)N1C[C@H](O)[C@@H](N2CCCCC2)C1. The van der Waals surface area contributed by atoms with Gasteiger partial charge in [-0.05, 0) is 32.0 Å². The third-order valence-corrected chi connectivity index (χ3v) is 4.36. The summed E-state index contributed by atoms with van der Waals surface area (Å²) in [5, 5.41) is 10.2. The van der Waals surface area contributed by atoms with Gasteiger partial charge in [0.2, 0.25) is 0 Å². The highest BCUT2D eigenvalue weighted by atomic mass is 19.1. The summed E-state index contributed by atoms with van der Waals surface area (Å²) in [6.07, 6.45) is 5.43. The van der Waals surface area contributed by atoms with Crippen LogP contribution >= 0.6 is 0 Å². The standard InChI is InChI=1S/C15H20FN3O2/c16-12-6-11(7-17-8-12)15(21)19-9-13(14(20)10-19)18-4-2-1-3-5-18/h6-8,13-14,20H,1-5,9-10H2/t13-,14-/m0/s1. The Balaban J connectivity index is 1.68. The maximum Gasteiger partial charge on any atom is 0.255 e. The van der Waals surface area contributed by atoms with Crippen LogP contribution in [0.4, 0.5) is 4.39 Å². The predicted molar refractivity (Wildman–Crippen MR) is 75.3 cm³/mol. The highest BCUT2D eigenvalue weighted by Crippen LogP contribution is 2.22. The van der Waals surface area contributed by atoms with E-state index in [1.54, 1.807) is 4.90 Å². The summed E-state index contributed by atoms with van der Waals surface area (Å²) in [4.78, 5) is 19.9. The first kappa shape index (κ1) is 14.4. The van der Waals surface area contributed by atoms with E-state index in [4.69, 9.17) is 0 Å². The van der Waals surface area contributed by atoms with Gasteiger partial charge in [-0.1, -0.05) is 6.42 Å². The molecule has 2 atom stereocenters. The lowest BCUT2D eigenvalue weighted by atomic mass is 10.1. The van der Waals surface area contributed by atoms with E-state index in [-0.39, 0.29) is 17.5 Å². The number of aromatic nitrogens is 1. The van der Waals surface area contributed by atoms with Crippen molar-refractivity contribution in [2.45, 2.75) is 31.4 Å². The molecular formula is C15H20FN3O2. The minimum absolute atomic E-state index is 0.00392. The number of rotatable bonds is 2. The van der Waals surface area contributed by atoms with Gasteiger partial charge >= 0.3 is 0 Å². The van der Waals surface area contributed by atoms with E-state index in [1.165, 1.54) is 18.7 Å². The maximum atomic E-state index is 13.2. The largest absolute Gasteiger partial charge is 0.390 e. The van der Waals surface area contributed by atoms with Crippen molar-refractivity contribution in [1.29, 1.82) is 0 Å². The number of carbonyl (C=O) groups excluding carboxylic acids is 1. The van der Waals surface area contributed by atoms with Crippen molar-refractivity contribution in [2.24, 2.45) is 0 Å². The molecule has 2 aliphatic heterocycles. The Morgan fingerprint density at radius 3 is 2.71 bits per heavy atom. The van der Waals surface area contributed by atoms with Gasteiger partial charge in [-0.3, -0.25) is 14.7 Å². The zero-order chi connectivity index (χ0) is 14.8. The molecule has 2 aliphatic rings. The fraction of sp³-hybridized carbons (Fsp3) is 0.600. The number of aliphatic hydroxyl groups excluding tert-OH is 1. The van der Waals surface area contributed by atoms with E-state index in [1.807, 2.05) is 0 Å². The van der Waals surface area contributed by atoms with Gasteiger partial charge in [0.15, 0.2) is 0 Å². The van der Waals surface area contributed by atoms with E-state index >= 15 is 0 Å². The number of carbonyl (C=O) groups is 1. The molecule has 1 aromatic rings. The molecule has 3 rings (SSSR count). The Morgan fingerprint density at radius 1 is 1.24 bits per heavy atom. The van der Waals surface area contributed by atoms with Crippen LogP contribution in [-0.4, -0.2) is 64.1 Å². The zero-order valence-electron chi connectivity index (χ0n) is 11.9. The van der Waals surface area contributed by atoms with Crippen LogP contribution in [0.1, 0.15) is 29.6 Å². The Hall–Kier alpha value is -1.53. The molecular weight excluding hydrogens is 273 g/mol. The third kappa shape index (κ3) is 3.06. The first-order valence-corrected chi connectivity index (χ1v) is 7.47. The smallest absolute Gasteiger partial charge is 0.255 e. The highest BCUT2D eigenvalue weighted by molar-refractivity contribution is 5.94. The second-order valence-corrected chi connectivity index (χ2v) is 5.83. The quantitative estimate of drug-likeness (QED) is 0.880. The molecule has 0 bridgehead atoms. The number of β-amino-alcohol motifs (C(OH)–C–C–N with tert-alkyl or cyclic N) is 1. The maximum absolute atomic E-state index is 13.2. The van der Waals surface area contributed by atoms with Crippen LogP contribution in [0.15, 0.2) is 18.5 Å². The molecule has 114 valence electrons. The Labute approximate surface area is 123 Å². The fourth-order valence-corrected chi connectivity index (χ4v) is 3.26. The Morgan fingerprint density at radius 2 is 2.00 bits per heavy atom. The number of hydrogen-bond donors (Lipinski definition) is 1. The monoisotopic (exact) mass is 293 g/mol. The summed E-state index contributed by atoms with van der Waals surface area (Å²) in [6.45, 7) is 2.75. The molecule has 1 aromatic heterocycles. The summed E-state index contributed by atoms with van der Waals surface area (Å²) >= 11 is 0. The molecule has 2 fully saturated rings. The summed E-state index contributed by atoms with van der Waals surface area (Å²) in [5.41, 5.74) is 0.237. The lowest BCUT2D eigenvalue weighted by molar-refractivity contribution is 0.0702. The first-order chi connectivity index (χ1) is 10.1. The van der Waals surface area contributed by atoms with Gasteiger partial charge in [0.05, 0.1) is 23.9 Å². The minimum Gasteiger partial charge on any atom is -0.390 e. The van der Waals surface area contributed by atoms with Gasteiger partial charge in [0.25, 0.3) is 5.91 Å². The van der Waals surface area contributed by atoms with Gasteiger partial charge in [0, 0.05) is 19.3 Å². The van der Waals surface area contributed by atoms with Crippen molar-refractivity contribution < 1.29 is 14.3 Å². The predicted octanol–water partition coefficient (Wildman–Crippen LogP) is 0.892. The van der Waals surface area contributed by atoms with Crippen LogP contribution < -0.4 is 0 Å². The topological polar surface area (TPSA) is 56.7 Å². The van der Waals surface area contributed by atoms with E-state index in [0.29, 0.717) is 13.1 Å². The van der Waals surface area contributed by atoms with Crippen LogP contribution in [0.2, 0.25) is 0 Å². The highest BCUT2D eigenvalue weighted by Gasteiger charge is 2.38. The summed E-state index contributed by atoms with van der Waals surface area (Å²) in [7, 11) is 0. The lowest BCUT2D eigenvalue weighted by Crippen LogP contribution is -2.46. The molecule has 5 nitrogen and oxygen atoms in total. The molecule has 0 aromatic carbocycles. The summed E-state index contributed by atoms with van der Waals surface area (Å²) < 4.78 is 13.2. The molecule has 0 radical (unpaired) electrons. The van der Waals surface area contributed by atoms with Crippen LogP contribution in [0.5, 0.6) is 0 Å². The Kier molecular flexibility index (Phi) is 4.17. The minimum atomic E-state index is -0.534. The van der Waals surface area contributed by atoms with Gasteiger partial charge < -0.3 is 10.0 Å². The molecule has 3 heterocycles. The van der Waals surface area contributed by atoms with Gasteiger partial charge in [-0.15, -0.1) is 0 Å². The average Bonchev–Trinajstić information content (AvgIpc) is 2.89. The molecule has 21 heavy (non-hydrogen) atoms. The van der Waals surface area contributed by atoms with Crippen molar-refractivity contribution in [3.8, 4) is 0 Å². The number of likely N-dealkylation sites (tertiary alicyclic amines) is 2. The summed E-state index contributed by atoms with van der Waals surface area (Å²) in [5.74, 6) is -0.784. The molecule has 0 unspecified atom stereocenters. The number of nitrogens with zero attached hydrogens (tertiary/aromatic N) is 3. The van der Waals surface area contributed by atoms with Crippen molar-refractivity contribution in [2.75, 3.05) is 26.2 Å². The molecule has 0 saturated carbocycles. The number of piperidine rings is 1. The second kappa shape index (κ2) is 6.07. The van der Waals surface area contributed by atoms with E-state index in [2.05, 4.69) is 9.88 Å². The normalized spacial score (nSPS) is 27.0. The number of aliphatic hydroxyl groups is 1. The van der Waals surface area contributed by atoms with E-state index in [9.17, 15) is 14.3 Å². The number of halogens is 1. The van der Waals surface area contributed by atoms with Crippen LogP contribution in [-0.2, 0) is 0 Å². The zero-order valence-corrected chi connectivity index (χ0v) is 11.9. The van der Waals surface area contributed by atoms with Gasteiger partial charge in [-0.25, -0.2) is 4.39 Å². The Bertz CT molecular complexity index is 519. The first-order valence-electron chi connectivity index (χ1n) is 7.47. The molecule has 1 N–H and O–H groups in total. The van der Waals surface area contributed by atoms with Crippen molar-refractivity contribution in [1.82, 2.24) is 14.8 Å². The van der Waals surface area contributed by atoms with Crippen LogP contribution in [0, 0.1) is 5.82 Å². The number of hydrogen-bond acceptors (Lipinski definition) is 4. The van der Waals surface area contributed by atoms with E-state index in [0.717, 1.165) is 32.1 Å².